The highest BCUT2D eigenvalue weighted by molar-refractivity contribution is 5.93. The van der Waals surface area contributed by atoms with Gasteiger partial charge in [-0.25, -0.2) is 14.4 Å². The molecule has 6 N–H and O–H groups in total. The van der Waals surface area contributed by atoms with Crippen molar-refractivity contribution in [3.8, 4) is 17.2 Å². The Balaban J connectivity index is 2.24. The lowest BCUT2D eigenvalue weighted by Crippen LogP contribution is -2.45. The summed E-state index contributed by atoms with van der Waals surface area (Å²) in [5.74, 6) is -7.05. The van der Waals surface area contributed by atoms with E-state index < -0.39 is 65.1 Å². The van der Waals surface area contributed by atoms with Gasteiger partial charge in [0.05, 0.1) is 5.56 Å². The van der Waals surface area contributed by atoms with E-state index in [1.807, 2.05) is 0 Å². The van der Waals surface area contributed by atoms with Gasteiger partial charge in [0.25, 0.3) is 0 Å². The van der Waals surface area contributed by atoms with Crippen LogP contribution in [0.25, 0.3) is 0 Å². The van der Waals surface area contributed by atoms with Gasteiger partial charge < -0.3 is 40.1 Å². The largest absolute Gasteiger partial charge is 0.504 e. The minimum Gasteiger partial charge on any atom is -0.504 e. The lowest BCUT2D eigenvalue weighted by molar-refractivity contribution is -0.162. The van der Waals surface area contributed by atoms with Crippen LogP contribution in [0.4, 0.5) is 0 Å². The van der Waals surface area contributed by atoms with Crippen molar-refractivity contribution in [1.82, 2.24) is 0 Å². The molecule has 0 saturated carbocycles. The maximum atomic E-state index is 11.9. The monoisotopic (exact) mass is 344 g/mol. The maximum absolute atomic E-state index is 11.9. The Bertz CT molecular complexity index is 674. The van der Waals surface area contributed by atoms with Crippen LogP contribution in [-0.4, -0.2) is 73.0 Å². The number of carbonyl (C=O) groups excluding carboxylic acids is 2. The van der Waals surface area contributed by atoms with Crippen LogP contribution in [0.1, 0.15) is 10.4 Å². The zero-order valence-electron chi connectivity index (χ0n) is 11.7. The zero-order chi connectivity index (χ0) is 18.2. The summed E-state index contributed by atoms with van der Waals surface area (Å²) < 4.78 is 9.09. The number of aliphatic hydroxyl groups is 2. The first-order valence-corrected chi connectivity index (χ1v) is 6.38. The molecule has 0 aliphatic carbocycles. The smallest absolute Gasteiger partial charge is 0.349 e. The van der Waals surface area contributed by atoms with Gasteiger partial charge in [-0.1, -0.05) is 0 Å². The van der Waals surface area contributed by atoms with Crippen molar-refractivity contribution in [2.75, 3.05) is 0 Å². The number of aliphatic hydroxyl groups excluding tert-OH is 2. The summed E-state index contributed by atoms with van der Waals surface area (Å²) in [7, 11) is 0. The van der Waals surface area contributed by atoms with Crippen LogP contribution in [0.15, 0.2) is 12.1 Å². The van der Waals surface area contributed by atoms with E-state index in [0.29, 0.717) is 12.1 Å². The molecular formula is C13H12O11. The molecule has 1 aliphatic rings. The van der Waals surface area contributed by atoms with Crippen LogP contribution >= 0.6 is 0 Å². The highest BCUT2D eigenvalue weighted by atomic mass is 16.6. The average Bonchev–Trinajstić information content (AvgIpc) is 2.76. The van der Waals surface area contributed by atoms with Gasteiger partial charge in [-0.3, -0.25) is 0 Å². The zero-order valence-corrected chi connectivity index (χ0v) is 11.7. The average molecular weight is 344 g/mol. The van der Waals surface area contributed by atoms with E-state index in [1.165, 1.54) is 0 Å². The third kappa shape index (κ3) is 3.02. The van der Waals surface area contributed by atoms with E-state index in [2.05, 4.69) is 9.47 Å². The summed E-state index contributed by atoms with van der Waals surface area (Å²) >= 11 is 0. The van der Waals surface area contributed by atoms with Crippen molar-refractivity contribution in [2.24, 2.45) is 0 Å². The van der Waals surface area contributed by atoms with E-state index in [0.717, 1.165) is 0 Å². The Hall–Kier alpha value is -3.05. The first-order valence-electron chi connectivity index (χ1n) is 6.38. The molecule has 0 aromatic heterocycles. The molecule has 24 heavy (non-hydrogen) atoms. The first kappa shape index (κ1) is 17.3. The maximum Gasteiger partial charge on any atom is 0.349 e. The third-order valence-electron chi connectivity index (χ3n) is 3.23. The molecule has 0 amide bonds. The summed E-state index contributed by atoms with van der Waals surface area (Å²) in [5, 5.41) is 55.8. The molecule has 2 rings (SSSR count). The number of esters is 2. The van der Waals surface area contributed by atoms with Gasteiger partial charge in [0.1, 0.15) is 6.10 Å². The van der Waals surface area contributed by atoms with Crippen LogP contribution in [0.3, 0.4) is 0 Å². The molecule has 1 aromatic rings. The van der Waals surface area contributed by atoms with Gasteiger partial charge in [0.2, 0.25) is 6.10 Å². The van der Waals surface area contributed by atoms with Gasteiger partial charge >= 0.3 is 17.9 Å². The van der Waals surface area contributed by atoms with E-state index >= 15 is 0 Å². The number of carboxylic acids is 1. The summed E-state index contributed by atoms with van der Waals surface area (Å²) in [6, 6.07) is 1.39. The topological polar surface area (TPSA) is 191 Å². The van der Waals surface area contributed by atoms with Crippen molar-refractivity contribution in [3.05, 3.63) is 17.7 Å². The number of hydrogen-bond donors (Lipinski definition) is 6. The SMILES string of the molecule is O=C(OC(C(=O)O)C1OC(=O)C(O)C1O)c1cc(O)c(O)c(O)c1. The highest BCUT2D eigenvalue weighted by Crippen LogP contribution is 2.35. The molecule has 0 spiro atoms. The normalized spacial score (nSPS) is 24.2. The van der Waals surface area contributed by atoms with E-state index in [1.54, 1.807) is 0 Å². The second-order valence-electron chi connectivity index (χ2n) is 4.86. The molecule has 1 aromatic carbocycles. The number of aromatic hydroxyl groups is 3. The van der Waals surface area contributed by atoms with Crippen LogP contribution in [0.5, 0.6) is 17.2 Å². The van der Waals surface area contributed by atoms with Gasteiger partial charge in [-0.15, -0.1) is 0 Å². The second-order valence-corrected chi connectivity index (χ2v) is 4.86. The van der Waals surface area contributed by atoms with E-state index in [4.69, 9.17) is 5.11 Å². The summed E-state index contributed by atoms with van der Waals surface area (Å²) in [6.07, 6.45) is -7.94. The van der Waals surface area contributed by atoms with Crippen LogP contribution in [-0.2, 0) is 19.1 Å². The van der Waals surface area contributed by atoms with Crippen LogP contribution in [0, 0.1) is 0 Å². The fourth-order valence-electron chi connectivity index (χ4n) is 2.00. The lowest BCUT2D eigenvalue weighted by atomic mass is 10.1. The second kappa shape index (κ2) is 6.22. The van der Waals surface area contributed by atoms with Crippen molar-refractivity contribution < 1.29 is 54.5 Å². The number of carbonyl (C=O) groups is 3. The predicted octanol–water partition coefficient (Wildman–Crippen LogP) is -1.94. The van der Waals surface area contributed by atoms with Crippen LogP contribution < -0.4 is 0 Å². The molecule has 0 radical (unpaired) electrons. The van der Waals surface area contributed by atoms with Gasteiger partial charge in [-0.05, 0) is 12.1 Å². The third-order valence-corrected chi connectivity index (χ3v) is 3.23. The number of hydrogen-bond acceptors (Lipinski definition) is 10. The van der Waals surface area contributed by atoms with Crippen molar-refractivity contribution in [3.63, 3.8) is 0 Å². The minimum absolute atomic E-state index is 0.520. The molecular weight excluding hydrogens is 332 g/mol. The molecule has 11 heteroatoms. The molecule has 1 heterocycles. The van der Waals surface area contributed by atoms with Gasteiger partial charge in [0.15, 0.2) is 29.5 Å². The molecule has 130 valence electrons. The van der Waals surface area contributed by atoms with E-state index in [-0.39, 0.29) is 0 Å². The number of phenols is 3. The van der Waals surface area contributed by atoms with Crippen molar-refractivity contribution in [2.45, 2.75) is 24.4 Å². The molecule has 4 unspecified atom stereocenters. The quantitative estimate of drug-likeness (QED) is 0.263. The standard InChI is InChI=1S/C13H12O11/c14-4-1-3(2-5(15)6(4)16)12(21)24-10(11(19)20)9-7(17)8(18)13(22)23-9/h1-2,7-10,14-18H,(H,19,20). The lowest BCUT2D eigenvalue weighted by Gasteiger charge is -2.21. The Morgan fingerprint density at radius 2 is 1.67 bits per heavy atom. The number of aliphatic carboxylic acids is 1. The predicted molar refractivity (Wildman–Crippen MR) is 70.2 cm³/mol. The van der Waals surface area contributed by atoms with Gasteiger partial charge in [0, 0.05) is 0 Å². The van der Waals surface area contributed by atoms with E-state index in [9.17, 15) is 39.9 Å². The molecule has 1 fully saturated rings. The first-order chi connectivity index (χ1) is 11.1. The highest BCUT2D eigenvalue weighted by Gasteiger charge is 2.50. The Kier molecular flexibility index (Phi) is 4.48. The molecule has 4 atom stereocenters. The minimum atomic E-state index is -2.16. The number of cyclic esters (lactones) is 1. The summed E-state index contributed by atoms with van der Waals surface area (Å²) in [6.45, 7) is 0. The number of phenolic OH excluding ortho intramolecular Hbond substituents is 3. The fourth-order valence-corrected chi connectivity index (χ4v) is 2.00. The molecule has 1 saturated heterocycles. The number of carboxylic acid groups (broad SMARTS) is 1. The number of ether oxygens (including phenoxy) is 2. The van der Waals surface area contributed by atoms with Crippen molar-refractivity contribution >= 4 is 17.9 Å². The summed E-state index contributed by atoms with van der Waals surface area (Å²) in [4.78, 5) is 34.3. The fraction of sp³-hybridized carbons (Fsp3) is 0.308. The number of benzene rings is 1. The molecule has 1 aliphatic heterocycles. The number of rotatable bonds is 4. The Morgan fingerprint density at radius 3 is 2.08 bits per heavy atom. The van der Waals surface area contributed by atoms with Crippen LogP contribution in [0.2, 0.25) is 0 Å². The molecule has 0 bridgehead atoms. The summed E-state index contributed by atoms with van der Waals surface area (Å²) in [5.41, 5.74) is -0.520. The Labute approximate surface area is 132 Å². The molecule has 11 nitrogen and oxygen atoms in total. The Morgan fingerprint density at radius 1 is 1.12 bits per heavy atom. The van der Waals surface area contributed by atoms with Gasteiger partial charge in [-0.2, -0.15) is 0 Å². The van der Waals surface area contributed by atoms with Crippen molar-refractivity contribution in [1.29, 1.82) is 0 Å².